The quantitative estimate of drug-likeness (QED) is 0.0526. The van der Waals surface area contributed by atoms with Crippen LogP contribution in [0.5, 0.6) is 5.75 Å². The predicted octanol–water partition coefficient (Wildman–Crippen LogP) is 6.37. The number of hydrogen-bond donors (Lipinski definition) is 4. The zero-order valence-corrected chi connectivity index (χ0v) is 26.6. The summed E-state index contributed by atoms with van der Waals surface area (Å²) >= 11 is 2.34. The Morgan fingerprint density at radius 2 is 1.77 bits per heavy atom. The highest BCUT2D eigenvalue weighted by molar-refractivity contribution is 14.1. The summed E-state index contributed by atoms with van der Waals surface area (Å²) in [5.74, 6) is -1.37. The number of carboxylic acids is 1. The second kappa shape index (κ2) is 15.0. The Kier molecular flexibility index (Phi) is 11.1. The van der Waals surface area contributed by atoms with Crippen molar-refractivity contribution in [3.63, 3.8) is 0 Å². The van der Waals surface area contributed by atoms with Gasteiger partial charge in [-0.3, -0.25) is 4.79 Å². The van der Waals surface area contributed by atoms with Crippen molar-refractivity contribution in [2.45, 2.75) is 39.3 Å². The standard InChI is InChI=1S/C34H37IN4O4/c1-4-27(17-23-8-11-28(40)12-9-23)37-33(41)32-19-30(34(42)43)29-18-26(10-13-31(29)38-32)25-7-5-6-24(16-25)20-36-14-15-39(21-35)22(2)3/h5-13,16,18-19,27,36,40H,2,4,14-15,17,20-21H2,1,3H3,(H,37,41)(H,42,43)/t27-/m1/s1. The number of hydrogen-bond acceptors (Lipinski definition) is 6. The van der Waals surface area contributed by atoms with Crippen molar-refractivity contribution in [2.75, 3.05) is 17.6 Å². The van der Waals surface area contributed by atoms with E-state index in [1.54, 1.807) is 18.2 Å². The molecule has 4 rings (SSSR count). The molecule has 0 saturated carbocycles. The van der Waals surface area contributed by atoms with Crippen molar-refractivity contribution in [2.24, 2.45) is 0 Å². The summed E-state index contributed by atoms with van der Waals surface area (Å²) in [6.45, 7) is 10.4. The van der Waals surface area contributed by atoms with E-state index in [9.17, 15) is 19.8 Å². The van der Waals surface area contributed by atoms with Crippen molar-refractivity contribution in [3.8, 4) is 16.9 Å². The van der Waals surface area contributed by atoms with Gasteiger partial charge >= 0.3 is 5.97 Å². The average molecular weight is 693 g/mol. The van der Waals surface area contributed by atoms with E-state index in [-0.39, 0.29) is 23.0 Å². The number of allylic oxidation sites excluding steroid dienone is 1. The van der Waals surface area contributed by atoms with Crippen LogP contribution in [0.15, 0.2) is 85.1 Å². The van der Waals surface area contributed by atoms with Gasteiger partial charge in [-0.2, -0.15) is 0 Å². The molecule has 4 aromatic rings. The maximum absolute atomic E-state index is 13.2. The third-order valence-corrected chi connectivity index (χ3v) is 8.17. The van der Waals surface area contributed by atoms with Gasteiger partial charge in [0.25, 0.3) is 5.91 Å². The molecule has 9 heteroatoms. The molecular weight excluding hydrogens is 655 g/mol. The molecule has 0 aliphatic rings. The second-order valence-corrected chi connectivity index (χ2v) is 11.2. The number of fused-ring (bicyclic) bond motifs is 1. The number of aromatic hydroxyl groups is 1. The average Bonchev–Trinajstić information content (AvgIpc) is 3.00. The minimum Gasteiger partial charge on any atom is -0.508 e. The van der Waals surface area contributed by atoms with E-state index in [2.05, 4.69) is 61.8 Å². The smallest absolute Gasteiger partial charge is 0.336 e. The summed E-state index contributed by atoms with van der Waals surface area (Å²) in [7, 11) is 0. The first-order valence-corrected chi connectivity index (χ1v) is 15.7. The molecule has 1 heterocycles. The molecule has 0 bridgehead atoms. The number of aromatic carboxylic acids is 1. The van der Waals surface area contributed by atoms with Gasteiger partial charge in [0.2, 0.25) is 0 Å². The summed E-state index contributed by atoms with van der Waals surface area (Å²) in [6, 6.07) is 21.7. The van der Waals surface area contributed by atoms with Gasteiger partial charge in [0, 0.05) is 36.8 Å². The number of phenolic OH excluding ortho intramolecular Hbond substituents is 1. The number of pyridine rings is 1. The number of phenols is 1. The Labute approximate surface area is 266 Å². The molecule has 1 amide bonds. The maximum Gasteiger partial charge on any atom is 0.336 e. The summed E-state index contributed by atoms with van der Waals surface area (Å²) in [5, 5.41) is 26.5. The topological polar surface area (TPSA) is 115 Å². The van der Waals surface area contributed by atoms with E-state index in [1.807, 2.05) is 50.2 Å². The lowest BCUT2D eigenvalue weighted by molar-refractivity contribution is 0.0699. The number of alkyl halides is 1. The van der Waals surface area contributed by atoms with Crippen LogP contribution < -0.4 is 10.6 Å². The molecule has 0 radical (unpaired) electrons. The van der Waals surface area contributed by atoms with Gasteiger partial charge < -0.3 is 25.7 Å². The fourth-order valence-electron chi connectivity index (χ4n) is 4.83. The Bertz CT molecular complexity index is 1610. The molecule has 8 nitrogen and oxygen atoms in total. The fourth-order valence-corrected chi connectivity index (χ4v) is 5.76. The van der Waals surface area contributed by atoms with Gasteiger partial charge in [-0.05, 0) is 78.4 Å². The fraction of sp³-hybridized carbons (Fsp3) is 0.265. The van der Waals surface area contributed by atoms with Crippen LogP contribution in [0.25, 0.3) is 22.0 Å². The van der Waals surface area contributed by atoms with E-state index >= 15 is 0 Å². The third kappa shape index (κ3) is 8.55. The molecular formula is C34H37IN4O4. The van der Waals surface area contributed by atoms with Gasteiger partial charge in [0.05, 0.1) is 15.6 Å². The molecule has 1 atom stereocenters. The highest BCUT2D eigenvalue weighted by Crippen LogP contribution is 2.27. The molecule has 0 unspecified atom stereocenters. The molecule has 224 valence electrons. The largest absolute Gasteiger partial charge is 0.508 e. The van der Waals surface area contributed by atoms with Crippen molar-refractivity contribution >= 4 is 45.4 Å². The van der Waals surface area contributed by atoms with Gasteiger partial charge in [-0.25, -0.2) is 9.78 Å². The highest BCUT2D eigenvalue weighted by atomic mass is 127. The van der Waals surface area contributed by atoms with Crippen molar-refractivity contribution in [1.82, 2.24) is 20.5 Å². The van der Waals surface area contributed by atoms with Gasteiger partial charge in [0.1, 0.15) is 11.4 Å². The number of carboxylic acid groups (broad SMARTS) is 1. The lowest BCUT2D eigenvalue weighted by Crippen LogP contribution is -2.36. The zero-order chi connectivity index (χ0) is 30.9. The van der Waals surface area contributed by atoms with Gasteiger partial charge in [-0.15, -0.1) is 0 Å². The summed E-state index contributed by atoms with van der Waals surface area (Å²) in [5.41, 5.74) is 5.51. The van der Waals surface area contributed by atoms with Crippen LogP contribution in [-0.2, 0) is 13.0 Å². The molecule has 43 heavy (non-hydrogen) atoms. The first kappa shape index (κ1) is 32.0. The molecule has 4 N–H and O–H groups in total. The zero-order valence-electron chi connectivity index (χ0n) is 24.4. The highest BCUT2D eigenvalue weighted by Gasteiger charge is 2.19. The van der Waals surface area contributed by atoms with Crippen LogP contribution in [0.2, 0.25) is 0 Å². The first-order chi connectivity index (χ1) is 20.7. The van der Waals surface area contributed by atoms with Crippen LogP contribution in [0.3, 0.4) is 0 Å². The number of benzene rings is 3. The van der Waals surface area contributed by atoms with E-state index in [4.69, 9.17) is 0 Å². The first-order valence-electron chi connectivity index (χ1n) is 14.2. The Hall–Kier alpha value is -3.96. The van der Waals surface area contributed by atoms with Crippen LogP contribution >= 0.6 is 22.6 Å². The predicted molar refractivity (Wildman–Crippen MR) is 180 cm³/mol. The minimum atomic E-state index is -1.12. The monoisotopic (exact) mass is 692 g/mol. The number of aromatic nitrogens is 1. The second-order valence-electron chi connectivity index (χ2n) is 10.5. The Balaban J connectivity index is 1.51. The molecule has 0 spiro atoms. The summed E-state index contributed by atoms with van der Waals surface area (Å²) < 4.78 is 0.895. The van der Waals surface area contributed by atoms with E-state index < -0.39 is 11.9 Å². The lowest BCUT2D eigenvalue weighted by Gasteiger charge is -2.22. The van der Waals surface area contributed by atoms with Crippen LogP contribution in [0.1, 0.15) is 52.2 Å². The number of carbonyl (C=O) groups is 2. The molecule has 1 aromatic heterocycles. The number of rotatable bonds is 14. The Morgan fingerprint density at radius 3 is 2.44 bits per heavy atom. The normalized spacial score (nSPS) is 11.7. The van der Waals surface area contributed by atoms with E-state index in [0.717, 1.165) is 45.6 Å². The van der Waals surface area contributed by atoms with Crippen molar-refractivity contribution in [1.29, 1.82) is 0 Å². The van der Waals surface area contributed by atoms with E-state index in [1.165, 1.54) is 6.07 Å². The lowest BCUT2D eigenvalue weighted by atomic mass is 9.98. The number of carbonyl (C=O) groups excluding carboxylic acids is 1. The number of halogens is 1. The van der Waals surface area contributed by atoms with Crippen LogP contribution in [0, 0.1) is 0 Å². The molecule has 0 aliphatic carbocycles. The summed E-state index contributed by atoms with van der Waals surface area (Å²) in [6.07, 6.45) is 1.25. The Morgan fingerprint density at radius 1 is 1.02 bits per heavy atom. The van der Waals surface area contributed by atoms with Crippen molar-refractivity contribution in [3.05, 3.63) is 107 Å². The number of amides is 1. The summed E-state index contributed by atoms with van der Waals surface area (Å²) in [4.78, 5) is 32.2. The molecule has 0 saturated heterocycles. The van der Waals surface area contributed by atoms with Crippen molar-refractivity contribution < 1.29 is 19.8 Å². The number of nitrogens with one attached hydrogen (secondary N) is 2. The molecule has 0 fully saturated rings. The third-order valence-electron chi connectivity index (χ3n) is 7.35. The molecule has 3 aromatic carbocycles. The van der Waals surface area contributed by atoms with Gasteiger partial charge in [-0.1, -0.05) is 72.5 Å². The maximum atomic E-state index is 13.2. The minimum absolute atomic E-state index is 0.0266. The van der Waals surface area contributed by atoms with Crippen LogP contribution in [0.4, 0.5) is 0 Å². The molecule has 0 aliphatic heterocycles. The van der Waals surface area contributed by atoms with Crippen LogP contribution in [-0.4, -0.2) is 55.7 Å². The SMILES string of the molecule is C=C(C)N(CI)CCNCc1cccc(-c2ccc3nc(C(=O)N[C@H](CC)Cc4ccc(O)cc4)cc(C(=O)O)c3c2)c1. The number of nitrogens with zero attached hydrogens (tertiary/aromatic N) is 2. The van der Waals surface area contributed by atoms with Gasteiger partial charge in [0.15, 0.2) is 0 Å². The van der Waals surface area contributed by atoms with E-state index in [0.29, 0.717) is 30.3 Å².